The molecule has 2 aromatic rings. The summed E-state index contributed by atoms with van der Waals surface area (Å²) < 4.78 is 7.13. The van der Waals surface area contributed by atoms with Crippen LogP contribution in [0.5, 0.6) is 5.75 Å². The second-order valence-electron chi connectivity index (χ2n) is 3.78. The van der Waals surface area contributed by atoms with E-state index in [1.54, 1.807) is 12.1 Å². The third-order valence-corrected chi connectivity index (χ3v) is 3.45. The van der Waals surface area contributed by atoms with E-state index in [4.69, 9.17) is 4.74 Å². The zero-order valence-electron chi connectivity index (χ0n) is 9.68. The van der Waals surface area contributed by atoms with Crippen LogP contribution in [0, 0.1) is 10.1 Å². The summed E-state index contributed by atoms with van der Waals surface area (Å²) in [5.41, 5.74) is 0.895. The summed E-state index contributed by atoms with van der Waals surface area (Å²) in [4.78, 5) is 10.5. The molecule has 0 atom stereocenters. The smallest absolute Gasteiger partial charge is 0.312 e. The number of nitrogens with zero attached hydrogens (tertiary/aromatic N) is 1. The maximum Gasteiger partial charge on any atom is 0.312 e. The van der Waals surface area contributed by atoms with Gasteiger partial charge in [-0.3, -0.25) is 10.1 Å². The Morgan fingerprint density at radius 3 is 2.32 bits per heavy atom. The van der Waals surface area contributed by atoms with Crippen LogP contribution in [-0.2, 0) is 6.61 Å². The minimum Gasteiger partial charge on any atom is -0.482 e. The van der Waals surface area contributed by atoms with E-state index in [9.17, 15) is 10.1 Å². The summed E-state index contributed by atoms with van der Waals surface area (Å²) >= 11 is 6.55. The molecule has 0 N–H and O–H groups in total. The maximum absolute atomic E-state index is 10.9. The average Bonchev–Trinajstić information content (AvgIpc) is 2.39. The second-order valence-corrected chi connectivity index (χ2v) is 5.62. The molecule has 0 aliphatic rings. The highest BCUT2D eigenvalue weighted by Crippen LogP contribution is 2.30. The molecular formula is C13H9Br2NO3. The molecule has 0 unspecified atom stereocenters. The summed E-state index contributed by atoms with van der Waals surface area (Å²) in [6.07, 6.45) is 0. The van der Waals surface area contributed by atoms with Crippen LogP contribution in [0.2, 0.25) is 0 Å². The molecule has 98 valence electrons. The minimum absolute atomic E-state index is 0.0495. The van der Waals surface area contributed by atoms with Crippen LogP contribution in [0.15, 0.2) is 51.4 Å². The molecule has 4 nitrogen and oxygen atoms in total. The van der Waals surface area contributed by atoms with Crippen LogP contribution in [0.3, 0.4) is 0 Å². The Morgan fingerprint density at radius 1 is 1.05 bits per heavy atom. The molecule has 19 heavy (non-hydrogen) atoms. The van der Waals surface area contributed by atoms with Crippen LogP contribution in [0.1, 0.15) is 5.56 Å². The van der Waals surface area contributed by atoms with Gasteiger partial charge in [0.15, 0.2) is 5.75 Å². The standard InChI is InChI=1S/C13H9Br2NO3/c14-10-3-1-9(2-4-10)8-19-13-6-5-11(15)7-12(13)16(17)18/h1-7H,8H2. The summed E-state index contributed by atoms with van der Waals surface area (Å²) in [5.74, 6) is 0.260. The number of halogens is 2. The van der Waals surface area contributed by atoms with E-state index < -0.39 is 4.92 Å². The van der Waals surface area contributed by atoms with Crippen molar-refractivity contribution in [3.8, 4) is 5.75 Å². The lowest BCUT2D eigenvalue weighted by molar-refractivity contribution is -0.386. The van der Waals surface area contributed by atoms with Gasteiger partial charge in [-0.05, 0) is 29.8 Å². The first-order valence-electron chi connectivity index (χ1n) is 5.37. The van der Waals surface area contributed by atoms with E-state index in [0.717, 1.165) is 10.0 Å². The number of ether oxygens (including phenoxy) is 1. The molecule has 0 aromatic heterocycles. The van der Waals surface area contributed by atoms with Crippen LogP contribution in [-0.4, -0.2) is 4.92 Å². The molecule has 6 heteroatoms. The van der Waals surface area contributed by atoms with Gasteiger partial charge >= 0.3 is 5.69 Å². The molecule has 0 bridgehead atoms. The average molecular weight is 387 g/mol. The van der Waals surface area contributed by atoms with Gasteiger partial charge in [-0.25, -0.2) is 0 Å². The third-order valence-electron chi connectivity index (χ3n) is 2.43. The number of rotatable bonds is 4. The molecule has 2 rings (SSSR count). The van der Waals surface area contributed by atoms with Crippen LogP contribution in [0.4, 0.5) is 5.69 Å². The van der Waals surface area contributed by atoms with E-state index >= 15 is 0 Å². The van der Waals surface area contributed by atoms with Crippen molar-refractivity contribution in [3.05, 3.63) is 67.1 Å². The molecule has 0 amide bonds. The number of nitro benzene ring substituents is 1. The predicted octanol–water partition coefficient (Wildman–Crippen LogP) is 4.70. The minimum atomic E-state index is -0.457. The largest absolute Gasteiger partial charge is 0.482 e. The van der Waals surface area contributed by atoms with Gasteiger partial charge in [-0.15, -0.1) is 0 Å². The van der Waals surface area contributed by atoms with Crippen LogP contribution >= 0.6 is 31.9 Å². The summed E-state index contributed by atoms with van der Waals surface area (Å²) in [6, 6.07) is 12.3. The van der Waals surface area contributed by atoms with Gasteiger partial charge in [-0.1, -0.05) is 44.0 Å². The van der Waals surface area contributed by atoms with Crippen molar-refractivity contribution >= 4 is 37.5 Å². The lowest BCUT2D eigenvalue weighted by Crippen LogP contribution is -1.99. The van der Waals surface area contributed by atoms with Crippen molar-refractivity contribution in [1.29, 1.82) is 0 Å². The van der Waals surface area contributed by atoms with Gasteiger partial charge in [0.1, 0.15) is 6.61 Å². The monoisotopic (exact) mass is 385 g/mol. The van der Waals surface area contributed by atoms with E-state index in [1.807, 2.05) is 24.3 Å². The molecule has 0 fully saturated rings. The highest BCUT2D eigenvalue weighted by Gasteiger charge is 2.15. The Bertz CT molecular complexity index is 599. The molecule has 0 aliphatic carbocycles. The van der Waals surface area contributed by atoms with E-state index in [1.165, 1.54) is 6.07 Å². The Labute approximate surface area is 126 Å². The molecule has 0 spiro atoms. The quantitative estimate of drug-likeness (QED) is 0.565. The first-order chi connectivity index (χ1) is 9.06. The zero-order valence-corrected chi connectivity index (χ0v) is 12.8. The van der Waals surface area contributed by atoms with Gasteiger partial charge in [0, 0.05) is 15.0 Å². The molecule has 0 saturated heterocycles. The van der Waals surface area contributed by atoms with Crippen molar-refractivity contribution in [2.75, 3.05) is 0 Å². The second kappa shape index (κ2) is 6.16. The fourth-order valence-electron chi connectivity index (χ4n) is 1.50. The van der Waals surface area contributed by atoms with Crippen LogP contribution in [0.25, 0.3) is 0 Å². The van der Waals surface area contributed by atoms with Gasteiger partial charge in [-0.2, -0.15) is 0 Å². The lowest BCUT2D eigenvalue weighted by Gasteiger charge is -2.07. The summed E-state index contributed by atoms with van der Waals surface area (Å²) in [6.45, 7) is 0.287. The van der Waals surface area contributed by atoms with Crippen LogP contribution < -0.4 is 4.74 Å². The topological polar surface area (TPSA) is 52.4 Å². The van der Waals surface area contributed by atoms with Gasteiger partial charge in [0.2, 0.25) is 0 Å². The first kappa shape index (κ1) is 14.0. The van der Waals surface area contributed by atoms with Crippen molar-refractivity contribution in [1.82, 2.24) is 0 Å². The van der Waals surface area contributed by atoms with Crippen molar-refractivity contribution in [2.24, 2.45) is 0 Å². The molecule has 0 radical (unpaired) electrons. The molecule has 0 heterocycles. The molecule has 0 aliphatic heterocycles. The van der Waals surface area contributed by atoms with E-state index in [2.05, 4.69) is 31.9 Å². The molecule has 0 saturated carbocycles. The highest BCUT2D eigenvalue weighted by molar-refractivity contribution is 9.10. The van der Waals surface area contributed by atoms with E-state index in [-0.39, 0.29) is 18.0 Å². The summed E-state index contributed by atoms with van der Waals surface area (Å²) in [7, 11) is 0. The van der Waals surface area contributed by atoms with Gasteiger partial charge in [0.25, 0.3) is 0 Å². The van der Waals surface area contributed by atoms with Crippen molar-refractivity contribution < 1.29 is 9.66 Å². The van der Waals surface area contributed by atoms with Crippen molar-refractivity contribution in [2.45, 2.75) is 6.61 Å². The maximum atomic E-state index is 10.9. The Morgan fingerprint density at radius 2 is 1.68 bits per heavy atom. The van der Waals surface area contributed by atoms with E-state index in [0.29, 0.717) is 4.47 Å². The number of hydrogen-bond donors (Lipinski definition) is 0. The fraction of sp³-hybridized carbons (Fsp3) is 0.0769. The zero-order chi connectivity index (χ0) is 13.8. The Balaban J connectivity index is 2.15. The Hall–Kier alpha value is -1.40. The number of nitro groups is 1. The summed E-state index contributed by atoms with van der Waals surface area (Å²) in [5, 5.41) is 10.9. The Kier molecular flexibility index (Phi) is 4.55. The molecular weight excluding hydrogens is 378 g/mol. The lowest BCUT2D eigenvalue weighted by atomic mass is 10.2. The third kappa shape index (κ3) is 3.78. The predicted molar refractivity (Wildman–Crippen MR) is 79.3 cm³/mol. The highest BCUT2D eigenvalue weighted by atomic mass is 79.9. The first-order valence-corrected chi connectivity index (χ1v) is 6.96. The molecule has 2 aromatic carbocycles. The normalized spacial score (nSPS) is 10.2. The fourth-order valence-corrected chi connectivity index (χ4v) is 2.11. The van der Waals surface area contributed by atoms with Gasteiger partial charge < -0.3 is 4.74 Å². The van der Waals surface area contributed by atoms with Crippen molar-refractivity contribution in [3.63, 3.8) is 0 Å². The SMILES string of the molecule is O=[N+]([O-])c1cc(Br)ccc1OCc1ccc(Br)cc1. The number of benzene rings is 2. The number of hydrogen-bond acceptors (Lipinski definition) is 3. The van der Waals surface area contributed by atoms with Gasteiger partial charge in [0.05, 0.1) is 4.92 Å².